The lowest BCUT2D eigenvalue weighted by atomic mass is 10.1. The standard InChI is InChI=1S/C18H20N4O2/c1-12-14(13-6-3-4-8-16(13)24-12)10-17(23)22-9-5-7-15(22)18-20-19-11-21(18)2/h3-4,6,8,11,15H,5,7,9-10H2,1-2H3. The number of furan rings is 1. The SMILES string of the molecule is Cc1oc2ccccc2c1CC(=O)N1CCCC1c1nncn1C. The third-order valence-electron chi connectivity index (χ3n) is 4.85. The molecule has 1 amide bonds. The molecule has 0 N–H and O–H groups in total. The second-order valence-electron chi connectivity index (χ2n) is 6.35. The molecule has 3 heterocycles. The number of carbonyl (C=O) groups excluding carboxylic acids is 1. The first-order valence-electron chi connectivity index (χ1n) is 8.25. The molecular formula is C18H20N4O2. The van der Waals surface area contributed by atoms with Crippen LogP contribution in [0.25, 0.3) is 11.0 Å². The molecule has 1 aliphatic rings. The van der Waals surface area contributed by atoms with Crippen molar-refractivity contribution in [3.05, 3.63) is 47.7 Å². The van der Waals surface area contributed by atoms with Crippen LogP contribution in [-0.2, 0) is 18.3 Å². The van der Waals surface area contributed by atoms with Gasteiger partial charge in [0.25, 0.3) is 0 Å². The van der Waals surface area contributed by atoms with Gasteiger partial charge in [-0.15, -0.1) is 10.2 Å². The zero-order valence-electron chi connectivity index (χ0n) is 13.9. The Morgan fingerprint density at radius 3 is 3.00 bits per heavy atom. The average Bonchev–Trinajstić information content (AvgIpc) is 3.27. The summed E-state index contributed by atoms with van der Waals surface area (Å²) in [6.07, 6.45) is 3.97. The minimum absolute atomic E-state index is 0.0171. The van der Waals surface area contributed by atoms with Crippen LogP contribution in [0.15, 0.2) is 35.0 Å². The predicted octanol–water partition coefficient (Wildman–Crippen LogP) is 2.78. The van der Waals surface area contributed by atoms with Crippen molar-refractivity contribution >= 4 is 16.9 Å². The molecule has 4 rings (SSSR count). The lowest BCUT2D eigenvalue weighted by Gasteiger charge is -2.24. The maximum Gasteiger partial charge on any atom is 0.227 e. The zero-order valence-corrected chi connectivity index (χ0v) is 13.9. The summed E-state index contributed by atoms with van der Waals surface area (Å²) >= 11 is 0. The third-order valence-corrected chi connectivity index (χ3v) is 4.85. The summed E-state index contributed by atoms with van der Waals surface area (Å²) in [7, 11) is 1.92. The second-order valence-corrected chi connectivity index (χ2v) is 6.35. The van der Waals surface area contributed by atoms with E-state index in [0.717, 1.165) is 47.5 Å². The second kappa shape index (κ2) is 5.78. The fourth-order valence-electron chi connectivity index (χ4n) is 3.62. The lowest BCUT2D eigenvalue weighted by molar-refractivity contribution is -0.131. The Hall–Kier alpha value is -2.63. The van der Waals surface area contributed by atoms with Crippen LogP contribution in [-0.4, -0.2) is 32.1 Å². The highest BCUT2D eigenvalue weighted by atomic mass is 16.3. The molecule has 2 aromatic heterocycles. The van der Waals surface area contributed by atoms with Crippen molar-refractivity contribution < 1.29 is 9.21 Å². The van der Waals surface area contributed by atoms with Gasteiger partial charge in [0, 0.05) is 24.5 Å². The summed E-state index contributed by atoms with van der Waals surface area (Å²) in [5.74, 6) is 1.80. The van der Waals surface area contributed by atoms with Crippen molar-refractivity contribution in [3.63, 3.8) is 0 Å². The number of rotatable bonds is 3. The summed E-state index contributed by atoms with van der Waals surface area (Å²) in [6, 6.07) is 7.89. The summed E-state index contributed by atoms with van der Waals surface area (Å²) in [6.45, 7) is 2.69. The number of aryl methyl sites for hydroxylation is 2. The van der Waals surface area contributed by atoms with E-state index < -0.39 is 0 Å². The largest absolute Gasteiger partial charge is 0.461 e. The maximum absolute atomic E-state index is 13.0. The van der Waals surface area contributed by atoms with E-state index in [4.69, 9.17) is 4.42 Å². The van der Waals surface area contributed by atoms with E-state index in [1.807, 2.05) is 47.7 Å². The molecule has 0 aliphatic carbocycles. The van der Waals surface area contributed by atoms with Crippen molar-refractivity contribution in [3.8, 4) is 0 Å². The molecule has 1 aliphatic heterocycles. The number of nitrogens with zero attached hydrogens (tertiary/aromatic N) is 4. The number of benzene rings is 1. The van der Waals surface area contributed by atoms with Crippen molar-refractivity contribution in [2.75, 3.05) is 6.54 Å². The molecule has 3 aromatic rings. The predicted molar refractivity (Wildman–Crippen MR) is 89.3 cm³/mol. The van der Waals surface area contributed by atoms with Gasteiger partial charge in [-0.25, -0.2) is 0 Å². The van der Waals surface area contributed by atoms with E-state index in [9.17, 15) is 4.79 Å². The lowest BCUT2D eigenvalue weighted by Crippen LogP contribution is -2.33. The van der Waals surface area contributed by atoms with Crippen LogP contribution < -0.4 is 0 Å². The van der Waals surface area contributed by atoms with Crippen LogP contribution in [0.4, 0.5) is 0 Å². The van der Waals surface area contributed by atoms with Gasteiger partial charge in [-0.1, -0.05) is 18.2 Å². The molecule has 1 fully saturated rings. The molecular weight excluding hydrogens is 304 g/mol. The van der Waals surface area contributed by atoms with E-state index in [2.05, 4.69) is 10.2 Å². The van der Waals surface area contributed by atoms with E-state index in [-0.39, 0.29) is 11.9 Å². The van der Waals surface area contributed by atoms with Crippen LogP contribution in [0.3, 0.4) is 0 Å². The molecule has 24 heavy (non-hydrogen) atoms. The van der Waals surface area contributed by atoms with E-state index in [0.29, 0.717) is 6.42 Å². The van der Waals surface area contributed by atoms with E-state index in [1.165, 1.54) is 0 Å². The monoisotopic (exact) mass is 324 g/mol. The van der Waals surface area contributed by atoms with Gasteiger partial charge in [0.15, 0.2) is 5.82 Å². The highest BCUT2D eigenvalue weighted by molar-refractivity contribution is 5.88. The molecule has 1 unspecified atom stereocenters. The number of likely N-dealkylation sites (tertiary alicyclic amines) is 1. The molecule has 1 aromatic carbocycles. The summed E-state index contributed by atoms with van der Waals surface area (Å²) < 4.78 is 7.68. The molecule has 6 heteroatoms. The number of fused-ring (bicyclic) bond motifs is 1. The number of para-hydroxylation sites is 1. The number of amides is 1. The van der Waals surface area contributed by atoms with Crippen molar-refractivity contribution in [2.45, 2.75) is 32.2 Å². The summed E-state index contributed by atoms with van der Waals surface area (Å²) in [5, 5.41) is 9.17. The molecule has 1 atom stereocenters. The number of hydrogen-bond acceptors (Lipinski definition) is 4. The van der Waals surface area contributed by atoms with Gasteiger partial charge in [-0.05, 0) is 25.8 Å². The molecule has 124 valence electrons. The molecule has 0 spiro atoms. The Kier molecular flexibility index (Phi) is 3.59. The Morgan fingerprint density at radius 1 is 1.38 bits per heavy atom. The summed E-state index contributed by atoms with van der Waals surface area (Å²) in [5.41, 5.74) is 1.82. The average molecular weight is 324 g/mol. The smallest absolute Gasteiger partial charge is 0.227 e. The van der Waals surface area contributed by atoms with Crippen molar-refractivity contribution in [1.82, 2.24) is 19.7 Å². The normalized spacial score (nSPS) is 17.8. The van der Waals surface area contributed by atoms with Crippen molar-refractivity contribution in [2.24, 2.45) is 7.05 Å². The van der Waals surface area contributed by atoms with Gasteiger partial charge >= 0.3 is 0 Å². The molecule has 6 nitrogen and oxygen atoms in total. The first-order valence-corrected chi connectivity index (χ1v) is 8.25. The van der Waals surface area contributed by atoms with Gasteiger partial charge in [0.05, 0.1) is 12.5 Å². The topological polar surface area (TPSA) is 64.2 Å². The van der Waals surface area contributed by atoms with Crippen LogP contribution in [0.1, 0.15) is 36.0 Å². The molecule has 0 radical (unpaired) electrons. The minimum atomic E-state index is 0.0171. The quantitative estimate of drug-likeness (QED) is 0.743. The Balaban J connectivity index is 1.61. The highest BCUT2D eigenvalue weighted by Crippen LogP contribution is 2.32. The summed E-state index contributed by atoms with van der Waals surface area (Å²) in [4.78, 5) is 14.9. The number of hydrogen-bond donors (Lipinski definition) is 0. The Labute approximate surface area is 140 Å². The fraction of sp³-hybridized carbons (Fsp3) is 0.389. The maximum atomic E-state index is 13.0. The molecule has 1 saturated heterocycles. The number of carbonyl (C=O) groups is 1. The Bertz CT molecular complexity index is 895. The van der Waals surface area contributed by atoms with Gasteiger partial charge in [0.2, 0.25) is 5.91 Å². The van der Waals surface area contributed by atoms with Crippen LogP contribution >= 0.6 is 0 Å². The first kappa shape index (κ1) is 14.9. The fourth-order valence-corrected chi connectivity index (χ4v) is 3.62. The Morgan fingerprint density at radius 2 is 2.21 bits per heavy atom. The van der Waals surface area contributed by atoms with Crippen LogP contribution in [0.2, 0.25) is 0 Å². The molecule has 0 bridgehead atoms. The number of aromatic nitrogens is 3. The third kappa shape index (κ3) is 2.38. The van der Waals surface area contributed by atoms with Gasteiger partial charge < -0.3 is 13.9 Å². The van der Waals surface area contributed by atoms with Gasteiger partial charge in [-0.2, -0.15) is 0 Å². The van der Waals surface area contributed by atoms with Crippen LogP contribution in [0.5, 0.6) is 0 Å². The van der Waals surface area contributed by atoms with Crippen molar-refractivity contribution in [1.29, 1.82) is 0 Å². The first-order chi connectivity index (χ1) is 11.6. The van der Waals surface area contributed by atoms with Gasteiger partial charge in [0.1, 0.15) is 17.7 Å². The van der Waals surface area contributed by atoms with E-state index >= 15 is 0 Å². The van der Waals surface area contributed by atoms with Gasteiger partial charge in [-0.3, -0.25) is 4.79 Å². The minimum Gasteiger partial charge on any atom is -0.461 e. The van der Waals surface area contributed by atoms with E-state index in [1.54, 1.807) is 6.33 Å². The molecule has 0 saturated carbocycles. The highest BCUT2D eigenvalue weighted by Gasteiger charge is 2.33. The van der Waals surface area contributed by atoms with Crippen LogP contribution in [0, 0.1) is 6.92 Å². The zero-order chi connectivity index (χ0) is 16.7.